The fourth-order valence-corrected chi connectivity index (χ4v) is 2.96. The van der Waals surface area contributed by atoms with Crippen LogP contribution in [-0.4, -0.2) is 5.11 Å². The van der Waals surface area contributed by atoms with Crippen LogP contribution in [0.1, 0.15) is 51.0 Å². The van der Waals surface area contributed by atoms with Crippen LogP contribution in [0.4, 0.5) is 0 Å². The van der Waals surface area contributed by atoms with E-state index in [1.165, 1.54) is 50.5 Å². The van der Waals surface area contributed by atoms with E-state index < -0.39 is 0 Å². The Morgan fingerprint density at radius 3 is 2.18 bits per heavy atom. The predicted molar refractivity (Wildman–Crippen MR) is 72.2 cm³/mol. The van der Waals surface area contributed by atoms with Crippen molar-refractivity contribution in [1.29, 1.82) is 0 Å². The van der Waals surface area contributed by atoms with Crippen molar-refractivity contribution in [3.05, 3.63) is 29.8 Å². The summed E-state index contributed by atoms with van der Waals surface area (Å²) >= 11 is 0. The Labute approximate surface area is 105 Å². The first-order valence-electron chi connectivity index (χ1n) is 7.06. The Bertz CT molecular complexity index is 320. The number of rotatable bonds is 4. The molecule has 0 aromatic heterocycles. The minimum atomic E-state index is 0.372. The highest BCUT2D eigenvalue weighted by molar-refractivity contribution is 5.25. The van der Waals surface area contributed by atoms with Crippen molar-refractivity contribution in [2.24, 2.45) is 11.8 Å². The van der Waals surface area contributed by atoms with Crippen LogP contribution >= 0.6 is 0 Å². The number of phenolic OH excluding ortho intramolecular Hbond substituents is 1. The SMILES string of the molecule is CCC1CCC(CCc2ccc(O)cc2)CC1. The molecule has 0 radical (unpaired) electrons. The third-order valence-corrected chi connectivity index (χ3v) is 4.32. The Morgan fingerprint density at radius 2 is 1.59 bits per heavy atom. The van der Waals surface area contributed by atoms with Crippen LogP contribution in [-0.2, 0) is 6.42 Å². The summed E-state index contributed by atoms with van der Waals surface area (Å²) in [5.74, 6) is 2.31. The molecule has 0 atom stereocenters. The topological polar surface area (TPSA) is 20.2 Å². The molecule has 0 bridgehead atoms. The minimum absolute atomic E-state index is 0.372. The van der Waals surface area contributed by atoms with Crippen LogP contribution in [0.2, 0.25) is 0 Å². The van der Waals surface area contributed by atoms with Gasteiger partial charge in [0.15, 0.2) is 0 Å². The maximum Gasteiger partial charge on any atom is 0.115 e. The second-order valence-corrected chi connectivity index (χ2v) is 5.50. The van der Waals surface area contributed by atoms with Crippen LogP contribution in [0.15, 0.2) is 24.3 Å². The van der Waals surface area contributed by atoms with E-state index in [0.29, 0.717) is 5.75 Å². The molecule has 1 aliphatic rings. The zero-order chi connectivity index (χ0) is 12.1. The molecule has 1 aromatic rings. The third-order valence-electron chi connectivity index (χ3n) is 4.32. The molecule has 0 aliphatic heterocycles. The van der Waals surface area contributed by atoms with E-state index in [-0.39, 0.29) is 0 Å². The van der Waals surface area contributed by atoms with Crippen LogP contribution in [0, 0.1) is 11.8 Å². The molecule has 0 spiro atoms. The smallest absolute Gasteiger partial charge is 0.115 e. The number of benzene rings is 1. The molecule has 17 heavy (non-hydrogen) atoms. The summed E-state index contributed by atoms with van der Waals surface area (Å²) in [6.07, 6.45) is 9.59. The van der Waals surface area contributed by atoms with Crippen LogP contribution in [0.5, 0.6) is 5.75 Å². The van der Waals surface area contributed by atoms with Gasteiger partial charge in [0.25, 0.3) is 0 Å². The zero-order valence-electron chi connectivity index (χ0n) is 10.9. The first-order chi connectivity index (χ1) is 8.28. The van der Waals surface area contributed by atoms with Crippen molar-refractivity contribution in [1.82, 2.24) is 0 Å². The van der Waals surface area contributed by atoms with Gasteiger partial charge in [-0.3, -0.25) is 0 Å². The van der Waals surface area contributed by atoms with Gasteiger partial charge in [-0.1, -0.05) is 51.2 Å². The summed E-state index contributed by atoms with van der Waals surface area (Å²) < 4.78 is 0. The van der Waals surface area contributed by atoms with E-state index in [1.54, 1.807) is 12.1 Å². The average molecular weight is 232 g/mol. The van der Waals surface area contributed by atoms with E-state index in [9.17, 15) is 5.11 Å². The van der Waals surface area contributed by atoms with Crippen LogP contribution < -0.4 is 0 Å². The molecule has 0 unspecified atom stereocenters. The molecule has 1 nitrogen and oxygen atoms in total. The van der Waals surface area contributed by atoms with Gasteiger partial charge in [-0.05, 0) is 42.4 Å². The summed E-state index contributed by atoms with van der Waals surface area (Å²) in [6.45, 7) is 2.32. The molecule has 0 amide bonds. The van der Waals surface area contributed by atoms with Crippen molar-refractivity contribution in [3.63, 3.8) is 0 Å². The first-order valence-corrected chi connectivity index (χ1v) is 7.06. The van der Waals surface area contributed by atoms with Crippen molar-refractivity contribution in [2.75, 3.05) is 0 Å². The van der Waals surface area contributed by atoms with Gasteiger partial charge in [-0.15, -0.1) is 0 Å². The molecule has 94 valence electrons. The van der Waals surface area contributed by atoms with Crippen molar-refractivity contribution in [3.8, 4) is 5.75 Å². The fourth-order valence-electron chi connectivity index (χ4n) is 2.96. The molecule has 1 aliphatic carbocycles. The van der Waals surface area contributed by atoms with Gasteiger partial charge in [0.2, 0.25) is 0 Å². The Hall–Kier alpha value is -0.980. The number of phenols is 1. The van der Waals surface area contributed by atoms with Gasteiger partial charge in [0, 0.05) is 0 Å². The van der Waals surface area contributed by atoms with Gasteiger partial charge in [-0.2, -0.15) is 0 Å². The van der Waals surface area contributed by atoms with Crippen molar-refractivity contribution in [2.45, 2.75) is 51.9 Å². The summed E-state index contributed by atoms with van der Waals surface area (Å²) in [7, 11) is 0. The molecule has 1 N–H and O–H groups in total. The lowest BCUT2D eigenvalue weighted by Gasteiger charge is -2.27. The van der Waals surface area contributed by atoms with Gasteiger partial charge in [0.05, 0.1) is 0 Å². The summed E-state index contributed by atoms with van der Waals surface area (Å²) in [5, 5.41) is 9.23. The average Bonchev–Trinajstić information content (AvgIpc) is 2.39. The normalized spacial score (nSPS) is 24.8. The molecular weight excluding hydrogens is 208 g/mol. The second-order valence-electron chi connectivity index (χ2n) is 5.50. The van der Waals surface area contributed by atoms with Gasteiger partial charge < -0.3 is 5.11 Å². The number of aryl methyl sites for hydroxylation is 1. The molecule has 0 heterocycles. The van der Waals surface area contributed by atoms with E-state index in [1.807, 2.05) is 12.1 Å². The molecule has 1 heteroatoms. The highest BCUT2D eigenvalue weighted by Crippen LogP contribution is 2.33. The molecule has 0 saturated heterocycles. The fraction of sp³-hybridized carbons (Fsp3) is 0.625. The monoisotopic (exact) mass is 232 g/mol. The van der Waals surface area contributed by atoms with E-state index in [0.717, 1.165) is 11.8 Å². The number of hydrogen-bond donors (Lipinski definition) is 1. The quantitative estimate of drug-likeness (QED) is 0.808. The molecule has 1 fully saturated rings. The van der Waals surface area contributed by atoms with Gasteiger partial charge in [-0.25, -0.2) is 0 Å². The highest BCUT2D eigenvalue weighted by atomic mass is 16.3. The van der Waals surface area contributed by atoms with Gasteiger partial charge >= 0.3 is 0 Å². The number of hydrogen-bond acceptors (Lipinski definition) is 1. The predicted octanol–water partition coefficient (Wildman–Crippen LogP) is 4.54. The second kappa shape index (κ2) is 6.09. The standard InChI is InChI=1S/C16H24O/c1-2-13-3-5-14(6-4-13)7-8-15-9-11-16(17)12-10-15/h9-14,17H,2-8H2,1H3. The van der Waals surface area contributed by atoms with Crippen molar-refractivity contribution >= 4 is 0 Å². The summed E-state index contributed by atoms with van der Waals surface area (Å²) in [5.41, 5.74) is 1.36. The van der Waals surface area contributed by atoms with Crippen LogP contribution in [0.25, 0.3) is 0 Å². The maximum atomic E-state index is 9.23. The summed E-state index contributed by atoms with van der Waals surface area (Å²) in [4.78, 5) is 0. The third kappa shape index (κ3) is 3.76. The Morgan fingerprint density at radius 1 is 1.00 bits per heavy atom. The largest absolute Gasteiger partial charge is 0.508 e. The van der Waals surface area contributed by atoms with Crippen LogP contribution in [0.3, 0.4) is 0 Å². The zero-order valence-corrected chi connectivity index (χ0v) is 10.9. The molecule has 1 saturated carbocycles. The van der Waals surface area contributed by atoms with Crippen molar-refractivity contribution < 1.29 is 5.11 Å². The number of aromatic hydroxyl groups is 1. The lowest BCUT2D eigenvalue weighted by atomic mass is 9.78. The molecule has 1 aromatic carbocycles. The Balaban J connectivity index is 1.74. The summed E-state index contributed by atoms with van der Waals surface area (Å²) in [6, 6.07) is 7.69. The van der Waals surface area contributed by atoms with Gasteiger partial charge in [0.1, 0.15) is 5.75 Å². The van der Waals surface area contributed by atoms with E-state index in [2.05, 4.69) is 6.92 Å². The molecule has 2 rings (SSSR count). The van der Waals surface area contributed by atoms with E-state index >= 15 is 0 Å². The van der Waals surface area contributed by atoms with E-state index in [4.69, 9.17) is 0 Å². The lowest BCUT2D eigenvalue weighted by Crippen LogP contribution is -2.14. The maximum absolute atomic E-state index is 9.23. The minimum Gasteiger partial charge on any atom is -0.508 e. The highest BCUT2D eigenvalue weighted by Gasteiger charge is 2.19. The lowest BCUT2D eigenvalue weighted by molar-refractivity contribution is 0.259. The molecular formula is C16H24O. The first kappa shape index (κ1) is 12.5. The Kier molecular flexibility index (Phi) is 4.47.